The summed E-state index contributed by atoms with van der Waals surface area (Å²) in [6.45, 7) is 14.3. The standard InChI is InChI=1S/C18H37N3/c1-15(8-6-11-19-18(2,3)4)21-13-10-17-16(14-21)9-7-12-20(17)5/h15-17,19H,6-14H2,1-5H3. The van der Waals surface area contributed by atoms with E-state index in [9.17, 15) is 0 Å². The van der Waals surface area contributed by atoms with Crippen LogP contribution in [0, 0.1) is 5.92 Å². The topological polar surface area (TPSA) is 18.5 Å². The van der Waals surface area contributed by atoms with E-state index in [2.05, 4.69) is 49.9 Å². The van der Waals surface area contributed by atoms with Crippen molar-refractivity contribution in [1.82, 2.24) is 15.1 Å². The second kappa shape index (κ2) is 7.43. The summed E-state index contributed by atoms with van der Waals surface area (Å²) in [4.78, 5) is 5.38. The Balaban J connectivity index is 1.70. The number of nitrogens with one attached hydrogen (secondary N) is 1. The van der Waals surface area contributed by atoms with Gasteiger partial charge in [-0.05, 0) is 92.4 Å². The highest BCUT2D eigenvalue weighted by molar-refractivity contribution is 4.90. The minimum absolute atomic E-state index is 0.258. The van der Waals surface area contributed by atoms with Gasteiger partial charge in [0.1, 0.15) is 0 Å². The fourth-order valence-electron chi connectivity index (χ4n) is 4.12. The predicted molar refractivity (Wildman–Crippen MR) is 91.8 cm³/mol. The maximum absolute atomic E-state index is 3.61. The average molecular weight is 296 g/mol. The molecule has 0 aliphatic carbocycles. The maximum atomic E-state index is 3.61. The lowest BCUT2D eigenvalue weighted by molar-refractivity contribution is 0.0214. The SMILES string of the molecule is CC(CCCNC(C)(C)C)N1CCC2C(CCCN2C)C1. The quantitative estimate of drug-likeness (QED) is 0.787. The largest absolute Gasteiger partial charge is 0.312 e. The van der Waals surface area contributed by atoms with E-state index in [-0.39, 0.29) is 5.54 Å². The number of hydrogen-bond donors (Lipinski definition) is 1. The molecule has 0 radical (unpaired) electrons. The Hall–Kier alpha value is -0.120. The first-order valence-corrected chi connectivity index (χ1v) is 9.06. The van der Waals surface area contributed by atoms with Crippen LogP contribution in [0.5, 0.6) is 0 Å². The van der Waals surface area contributed by atoms with Crippen molar-refractivity contribution >= 4 is 0 Å². The van der Waals surface area contributed by atoms with Crippen molar-refractivity contribution in [3.63, 3.8) is 0 Å². The number of likely N-dealkylation sites (tertiary alicyclic amines) is 2. The number of rotatable bonds is 5. The molecule has 2 saturated heterocycles. The van der Waals surface area contributed by atoms with Crippen LogP contribution in [-0.4, -0.2) is 60.6 Å². The third-order valence-electron chi connectivity index (χ3n) is 5.45. The summed E-state index contributed by atoms with van der Waals surface area (Å²) in [6, 6.07) is 1.62. The van der Waals surface area contributed by atoms with Gasteiger partial charge in [-0.1, -0.05) is 0 Å². The highest BCUT2D eigenvalue weighted by Gasteiger charge is 2.35. The second-order valence-electron chi connectivity index (χ2n) is 8.40. The molecule has 124 valence electrons. The molecule has 2 heterocycles. The zero-order valence-corrected chi connectivity index (χ0v) is 15.0. The van der Waals surface area contributed by atoms with E-state index in [1.165, 1.54) is 51.7 Å². The molecule has 2 rings (SSSR count). The van der Waals surface area contributed by atoms with Crippen molar-refractivity contribution in [3.05, 3.63) is 0 Å². The van der Waals surface area contributed by atoms with Gasteiger partial charge in [0.25, 0.3) is 0 Å². The summed E-state index contributed by atoms with van der Waals surface area (Å²) < 4.78 is 0. The van der Waals surface area contributed by atoms with Crippen LogP contribution in [0.3, 0.4) is 0 Å². The Kier molecular flexibility index (Phi) is 6.10. The Morgan fingerprint density at radius 3 is 2.67 bits per heavy atom. The smallest absolute Gasteiger partial charge is 0.0145 e. The summed E-state index contributed by atoms with van der Waals surface area (Å²) in [6.07, 6.45) is 6.85. The van der Waals surface area contributed by atoms with Crippen molar-refractivity contribution in [2.75, 3.05) is 33.2 Å². The molecule has 3 heteroatoms. The molecule has 3 atom stereocenters. The van der Waals surface area contributed by atoms with Gasteiger partial charge in [0, 0.05) is 24.2 Å². The fraction of sp³-hybridized carbons (Fsp3) is 1.00. The van der Waals surface area contributed by atoms with Crippen molar-refractivity contribution in [3.8, 4) is 0 Å². The molecule has 2 aliphatic heterocycles. The van der Waals surface area contributed by atoms with Crippen LogP contribution >= 0.6 is 0 Å². The minimum atomic E-state index is 0.258. The van der Waals surface area contributed by atoms with Crippen LogP contribution in [-0.2, 0) is 0 Å². The van der Waals surface area contributed by atoms with Gasteiger partial charge < -0.3 is 15.1 Å². The molecule has 0 spiro atoms. The van der Waals surface area contributed by atoms with Gasteiger partial charge in [0.05, 0.1) is 0 Å². The number of hydrogen-bond acceptors (Lipinski definition) is 3. The lowest BCUT2D eigenvalue weighted by atomic mass is 9.83. The first kappa shape index (κ1) is 17.2. The van der Waals surface area contributed by atoms with Crippen LogP contribution in [0.15, 0.2) is 0 Å². The third-order valence-corrected chi connectivity index (χ3v) is 5.45. The van der Waals surface area contributed by atoms with Crippen LogP contribution in [0.4, 0.5) is 0 Å². The molecule has 1 N–H and O–H groups in total. The average Bonchev–Trinajstić information content (AvgIpc) is 2.42. The minimum Gasteiger partial charge on any atom is -0.312 e. The molecule has 0 amide bonds. The fourth-order valence-corrected chi connectivity index (χ4v) is 4.12. The molecule has 3 unspecified atom stereocenters. The molecule has 0 saturated carbocycles. The third kappa shape index (κ3) is 5.22. The Bertz CT molecular complexity index is 310. The monoisotopic (exact) mass is 295 g/mol. The molecule has 0 aromatic carbocycles. The summed E-state index contributed by atoms with van der Waals surface area (Å²) in [7, 11) is 2.33. The Labute approximate surface area is 132 Å². The molecular formula is C18H37N3. The Morgan fingerprint density at radius 1 is 1.19 bits per heavy atom. The molecular weight excluding hydrogens is 258 g/mol. The molecule has 0 bridgehead atoms. The highest BCUT2D eigenvalue weighted by atomic mass is 15.2. The Morgan fingerprint density at radius 2 is 1.95 bits per heavy atom. The zero-order chi connectivity index (χ0) is 15.5. The normalized spacial score (nSPS) is 30.1. The molecule has 2 fully saturated rings. The van der Waals surface area contributed by atoms with Crippen LogP contribution in [0.1, 0.15) is 59.8 Å². The highest BCUT2D eigenvalue weighted by Crippen LogP contribution is 2.30. The van der Waals surface area contributed by atoms with Gasteiger partial charge >= 0.3 is 0 Å². The van der Waals surface area contributed by atoms with Crippen LogP contribution in [0.25, 0.3) is 0 Å². The lowest BCUT2D eigenvalue weighted by Gasteiger charge is -2.47. The van der Waals surface area contributed by atoms with E-state index in [4.69, 9.17) is 0 Å². The number of fused-ring (bicyclic) bond motifs is 1. The van der Waals surface area contributed by atoms with E-state index < -0.39 is 0 Å². The zero-order valence-electron chi connectivity index (χ0n) is 15.0. The van der Waals surface area contributed by atoms with Gasteiger partial charge in [-0.3, -0.25) is 0 Å². The molecule has 0 aromatic rings. The number of nitrogens with zero attached hydrogens (tertiary/aromatic N) is 2. The first-order valence-electron chi connectivity index (χ1n) is 9.06. The molecule has 2 aliphatic rings. The van der Waals surface area contributed by atoms with E-state index in [0.29, 0.717) is 0 Å². The molecule has 3 nitrogen and oxygen atoms in total. The van der Waals surface area contributed by atoms with E-state index in [1.54, 1.807) is 0 Å². The maximum Gasteiger partial charge on any atom is 0.0145 e. The summed E-state index contributed by atoms with van der Waals surface area (Å²) in [5.74, 6) is 0.924. The van der Waals surface area contributed by atoms with Crippen molar-refractivity contribution in [1.29, 1.82) is 0 Å². The predicted octanol–water partition coefficient (Wildman–Crippen LogP) is 2.96. The number of piperidine rings is 2. The van der Waals surface area contributed by atoms with Crippen molar-refractivity contribution in [2.45, 2.75) is 77.4 Å². The van der Waals surface area contributed by atoms with Gasteiger partial charge in [-0.25, -0.2) is 0 Å². The van der Waals surface area contributed by atoms with Gasteiger partial charge in [-0.15, -0.1) is 0 Å². The molecule has 0 aromatic heterocycles. The lowest BCUT2D eigenvalue weighted by Crippen LogP contribution is -2.54. The van der Waals surface area contributed by atoms with E-state index in [0.717, 1.165) is 24.5 Å². The van der Waals surface area contributed by atoms with Crippen LogP contribution in [0.2, 0.25) is 0 Å². The second-order valence-corrected chi connectivity index (χ2v) is 8.40. The van der Waals surface area contributed by atoms with Gasteiger partial charge in [0.15, 0.2) is 0 Å². The summed E-state index contributed by atoms with van der Waals surface area (Å²) in [5, 5.41) is 3.61. The molecule has 21 heavy (non-hydrogen) atoms. The van der Waals surface area contributed by atoms with E-state index in [1.807, 2.05) is 0 Å². The van der Waals surface area contributed by atoms with Crippen LogP contribution < -0.4 is 5.32 Å². The first-order chi connectivity index (χ1) is 9.87. The van der Waals surface area contributed by atoms with E-state index >= 15 is 0 Å². The summed E-state index contributed by atoms with van der Waals surface area (Å²) >= 11 is 0. The van der Waals surface area contributed by atoms with Crippen molar-refractivity contribution < 1.29 is 0 Å². The van der Waals surface area contributed by atoms with Crippen molar-refractivity contribution in [2.24, 2.45) is 5.92 Å². The van der Waals surface area contributed by atoms with Gasteiger partial charge in [0.2, 0.25) is 0 Å². The van der Waals surface area contributed by atoms with Gasteiger partial charge in [-0.2, -0.15) is 0 Å². The summed E-state index contributed by atoms with van der Waals surface area (Å²) in [5.41, 5.74) is 0.258.